The first-order valence-electron chi connectivity index (χ1n) is 6.87. The van der Waals surface area contributed by atoms with Gasteiger partial charge in [0.05, 0.1) is 30.9 Å². The summed E-state index contributed by atoms with van der Waals surface area (Å²) < 4.78 is 15.4. The number of carbonyl (C=O) groups excluding carboxylic acids is 2. The van der Waals surface area contributed by atoms with Crippen LogP contribution in [0.1, 0.15) is 31.3 Å². The molecule has 0 aliphatic rings. The molecule has 0 radical (unpaired) electrons. The molecule has 0 saturated carbocycles. The van der Waals surface area contributed by atoms with E-state index >= 15 is 0 Å². The van der Waals surface area contributed by atoms with Crippen molar-refractivity contribution in [3.8, 4) is 0 Å². The van der Waals surface area contributed by atoms with Crippen molar-refractivity contribution in [1.29, 1.82) is 0 Å². The maximum absolute atomic E-state index is 11.9. The molecule has 2 aromatic rings. The number of aromatic nitrogens is 1. The van der Waals surface area contributed by atoms with E-state index in [1.54, 1.807) is 32.2 Å². The van der Waals surface area contributed by atoms with Gasteiger partial charge in [-0.1, -0.05) is 20.8 Å². The topological polar surface area (TPSA) is 81.5 Å². The lowest BCUT2D eigenvalue weighted by Gasteiger charge is -2.13. The molecule has 2 aromatic heterocycles. The smallest absolute Gasteiger partial charge is 0.354 e. The van der Waals surface area contributed by atoms with Gasteiger partial charge in [0.15, 0.2) is 5.58 Å². The summed E-state index contributed by atoms with van der Waals surface area (Å²) >= 11 is 0. The van der Waals surface area contributed by atoms with Crippen LogP contribution in [-0.2, 0) is 14.3 Å². The van der Waals surface area contributed by atoms with Gasteiger partial charge in [-0.15, -0.1) is 0 Å². The number of hydrogen-bond acceptors (Lipinski definition) is 5. The molecule has 1 N–H and O–H groups in total. The molecule has 0 saturated heterocycles. The van der Waals surface area contributed by atoms with Crippen LogP contribution in [0.4, 0.5) is 0 Å². The molecular formula is C15H19NO5. The number of hydrogen-bond donors (Lipinski definition) is 1. The maximum Gasteiger partial charge on any atom is 0.354 e. The second-order valence-corrected chi connectivity index (χ2v) is 5.37. The van der Waals surface area contributed by atoms with Crippen LogP contribution in [-0.4, -0.2) is 30.1 Å². The van der Waals surface area contributed by atoms with Gasteiger partial charge >= 0.3 is 11.9 Å². The number of fused-ring (bicyclic) bond motifs is 1. The van der Waals surface area contributed by atoms with Crippen LogP contribution in [0.15, 0.2) is 22.8 Å². The minimum absolute atomic E-state index is 0.0606. The van der Waals surface area contributed by atoms with Gasteiger partial charge in [0.25, 0.3) is 0 Å². The van der Waals surface area contributed by atoms with Crippen LogP contribution < -0.4 is 0 Å². The Balaban J connectivity index is 1.78. The van der Waals surface area contributed by atoms with Gasteiger partial charge in [-0.25, -0.2) is 4.79 Å². The Morgan fingerprint density at radius 1 is 1.24 bits per heavy atom. The lowest BCUT2D eigenvalue weighted by Crippen LogP contribution is -2.20. The van der Waals surface area contributed by atoms with Gasteiger partial charge in [0.1, 0.15) is 5.69 Å². The van der Waals surface area contributed by atoms with Gasteiger partial charge in [-0.3, -0.25) is 4.79 Å². The normalized spacial score (nSPS) is 12.6. The minimum atomic E-state index is -0.455. The highest BCUT2D eigenvalue weighted by atomic mass is 16.5. The Labute approximate surface area is 122 Å². The van der Waals surface area contributed by atoms with Crippen molar-refractivity contribution >= 4 is 23.0 Å². The van der Waals surface area contributed by atoms with Crippen LogP contribution in [0.2, 0.25) is 0 Å². The zero-order valence-corrected chi connectivity index (χ0v) is 12.3. The molecule has 1 unspecified atom stereocenters. The van der Waals surface area contributed by atoms with Crippen molar-refractivity contribution in [3.63, 3.8) is 0 Å². The predicted molar refractivity (Wildman–Crippen MR) is 75.8 cm³/mol. The Morgan fingerprint density at radius 2 is 1.95 bits per heavy atom. The molecule has 21 heavy (non-hydrogen) atoms. The highest BCUT2D eigenvalue weighted by molar-refractivity contribution is 5.93. The molecule has 1 atom stereocenters. The number of nitrogens with one attached hydrogen (secondary N) is 1. The van der Waals surface area contributed by atoms with Crippen molar-refractivity contribution in [3.05, 3.63) is 24.1 Å². The number of H-pyrrole nitrogens is 1. The summed E-state index contributed by atoms with van der Waals surface area (Å²) in [7, 11) is 0. The average molecular weight is 293 g/mol. The Morgan fingerprint density at radius 3 is 2.62 bits per heavy atom. The number of carbonyl (C=O) groups is 2. The number of furan rings is 1. The van der Waals surface area contributed by atoms with Gasteiger partial charge in [-0.2, -0.15) is 0 Å². The number of aromatic amines is 1. The summed E-state index contributed by atoms with van der Waals surface area (Å²) in [5.74, 6) is -0.926. The maximum atomic E-state index is 11.9. The first kappa shape index (κ1) is 15.2. The summed E-state index contributed by atoms with van der Waals surface area (Å²) in [6.07, 6.45) is 1.54. The number of esters is 2. The molecular weight excluding hydrogens is 274 g/mol. The van der Waals surface area contributed by atoms with E-state index in [0.29, 0.717) is 11.3 Å². The van der Waals surface area contributed by atoms with E-state index in [1.165, 1.54) is 0 Å². The number of ether oxygens (including phenoxy) is 2. The molecule has 2 rings (SSSR count). The first-order valence-corrected chi connectivity index (χ1v) is 6.87. The largest absolute Gasteiger partial charge is 0.465 e. The third-order valence-corrected chi connectivity index (χ3v) is 2.94. The summed E-state index contributed by atoms with van der Waals surface area (Å²) in [6.45, 7) is 5.81. The zero-order chi connectivity index (χ0) is 15.4. The highest BCUT2D eigenvalue weighted by Gasteiger charge is 2.15. The first-order chi connectivity index (χ1) is 9.97. The Bertz CT molecular complexity index is 596. The van der Waals surface area contributed by atoms with E-state index in [-0.39, 0.29) is 31.0 Å². The fourth-order valence-corrected chi connectivity index (χ4v) is 1.69. The van der Waals surface area contributed by atoms with Crippen LogP contribution in [0.3, 0.4) is 0 Å². The molecule has 0 bridgehead atoms. The number of rotatable bonds is 6. The molecule has 0 aliphatic carbocycles. The Kier molecular flexibility index (Phi) is 4.67. The fourth-order valence-electron chi connectivity index (χ4n) is 1.69. The molecule has 6 nitrogen and oxygen atoms in total. The summed E-state index contributed by atoms with van der Waals surface area (Å²) in [4.78, 5) is 26.1. The second kappa shape index (κ2) is 6.47. The molecule has 6 heteroatoms. The van der Waals surface area contributed by atoms with Crippen molar-refractivity contribution in [2.75, 3.05) is 13.2 Å². The second-order valence-electron chi connectivity index (χ2n) is 5.37. The minimum Gasteiger partial charge on any atom is -0.465 e. The monoisotopic (exact) mass is 293 g/mol. The quantitative estimate of drug-likeness (QED) is 0.828. The van der Waals surface area contributed by atoms with Crippen molar-refractivity contribution in [2.45, 2.75) is 20.8 Å². The predicted octanol–water partition coefficient (Wildman–Crippen LogP) is 2.75. The summed E-state index contributed by atoms with van der Waals surface area (Å²) in [5, 5.41) is 0. The lowest BCUT2D eigenvalue weighted by atomic mass is 10.2. The molecule has 0 amide bonds. The standard InChI is InChI=1S/C15H19NO5/c1-9(2)14(17)20-7-10(3)8-21-15(18)12-6-13-11(16-12)4-5-19-13/h4-6,9-10,16H,7-8H2,1-3H3. The third-order valence-electron chi connectivity index (χ3n) is 2.94. The van der Waals surface area contributed by atoms with E-state index in [0.717, 1.165) is 5.52 Å². The third kappa shape index (κ3) is 3.87. The van der Waals surface area contributed by atoms with E-state index in [9.17, 15) is 9.59 Å². The van der Waals surface area contributed by atoms with Crippen LogP contribution >= 0.6 is 0 Å². The van der Waals surface area contributed by atoms with Gasteiger partial charge in [0.2, 0.25) is 0 Å². The van der Waals surface area contributed by atoms with Crippen LogP contribution in [0.5, 0.6) is 0 Å². The van der Waals surface area contributed by atoms with Crippen molar-refractivity contribution in [2.24, 2.45) is 11.8 Å². The van der Waals surface area contributed by atoms with Gasteiger partial charge in [-0.05, 0) is 0 Å². The molecule has 0 aromatic carbocycles. The van der Waals surface area contributed by atoms with E-state index in [1.807, 2.05) is 6.92 Å². The van der Waals surface area contributed by atoms with Crippen molar-refractivity contribution < 1.29 is 23.5 Å². The zero-order valence-electron chi connectivity index (χ0n) is 12.3. The lowest BCUT2D eigenvalue weighted by molar-refractivity contribution is -0.148. The summed E-state index contributed by atoms with van der Waals surface area (Å²) in [5.41, 5.74) is 1.71. The molecule has 0 aliphatic heterocycles. The fraction of sp³-hybridized carbons (Fsp3) is 0.467. The van der Waals surface area contributed by atoms with Gasteiger partial charge in [0, 0.05) is 18.1 Å². The van der Waals surface area contributed by atoms with E-state index in [4.69, 9.17) is 13.9 Å². The average Bonchev–Trinajstić information content (AvgIpc) is 3.02. The molecule has 0 spiro atoms. The SMILES string of the molecule is CC(COC(=O)c1cc2occc2[nH]1)COC(=O)C(C)C. The van der Waals surface area contributed by atoms with Crippen molar-refractivity contribution in [1.82, 2.24) is 4.98 Å². The molecule has 0 fully saturated rings. The van der Waals surface area contributed by atoms with E-state index in [2.05, 4.69) is 4.98 Å². The van der Waals surface area contributed by atoms with Gasteiger partial charge < -0.3 is 18.9 Å². The van der Waals surface area contributed by atoms with Crippen LogP contribution in [0, 0.1) is 11.8 Å². The molecule has 2 heterocycles. The van der Waals surface area contributed by atoms with E-state index < -0.39 is 5.97 Å². The molecule has 114 valence electrons. The summed E-state index contributed by atoms with van der Waals surface area (Å²) in [6, 6.07) is 3.33. The highest BCUT2D eigenvalue weighted by Crippen LogP contribution is 2.16. The Hall–Kier alpha value is -2.24. The van der Waals surface area contributed by atoms with Crippen LogP contribution in [0.25, 0.3) is 11.1 Å².